The minimum Gasteiger partial charge on any atom is -0.329 e. The van der Waals surface area contributed by atoms with E-state index < -0.39 is 0 Å². The number of likely N-dealkylation sites (N-methyl/N-ethyl adjacent to an activating group) is 1. The summed E-state index contributed by atoms with van der Waals surface area (Å²) in [5, 5.41) is 3.23. The maximum atomic E-state index is 11.4. The molecule has 3 nitrogen and oxygen atoms in total. The molecule has 3 heteroatoms. The van der Waals surface area contributed by atoms with Crippen molar-refractivity contribution in [3.63, 3.8) is 0 Å². The summed E-state index contributed by atoms with van der Waals surface area (Å²) in [6.45, 7) is 7.11. The van der Waals surface area contributed by atoms with E-state index in [4.69, 9.17) is 0 Å². The summed E-state index contributed by atoms with van der Waals surface area (Å²) in [5.41, 5.74) is 2.80. The van der Waals surface area contributed by atoms with E-state index in [0.29, 0.717) is 6.54 Å². The number of hydrogen-bond donors (Lipinski definition) is 1. The molecule has 2 rings (SSSR count). The van der Waals surface area contributed by atoms with E-state index in [0.717, 1.165) is 6.42 Å². The molecule has 0 saturated carbocycles. The fourth-order valence-corrected chi connectivity index (χ4v) is 2.21. The molecule has 1 atom stereocenters. The maximum Gasteiger partial charge on any atom is 0.237 e. The molecule has 1 heterocycles. The van der Waals surface area contributed by atoms with E-state index in [1.54, 1.807) is 4.90 Å². The molecular formula is C15H22N2O. The van der Waals surface area contributed by atoms with Gasteiger partial charge in [0.25, 0.3) is 0 Å². The Hall–Kier alpha value is -1.35. The lowest BCUT2D eigenvalue weighted by Gasteiger charge is -2.21. The van der Waals surface area contributed by atoms with E-state index in [1.165, 1.54) is 11.1 Å². The Morgan fingerprint density at radius 2 is 1.89 bits per heavy atom. The standard InChI is InChI=1S/C15H22N2O/c1-15(2,3)12-7-5-11(6-8-12)9-13-16-10-14(18)17(13)4/h5-8,13,16H,9-10H2,1-4H3/t13-/m0/s1. The number of nitrogens with one attached hydrogen (secondary N) is 1. The second-order valence-corrected chi connectivity index (χ2v) is 6.05. The molecule has 0 aromatic heterocycles. The van der Waals surface area contributed by atoms with Gasteiger partial charge in [-0.05, 0) is 16.5 Å². The van der Waals surface area contributed by atoms with Gasteiger partial charge in [-0.25, -0.2) is 0 Å². The Morgan fingerprint density at radius 1 is 1.28 bits per heavy atom. The van der Waals surface area contributed by atoms with Crippen molar-refractivity contribution in [3.05, 3.63) is 35.4 Å². The maximum absolute atomic E-state index is 11.4. The van der Waals surface area contributed by atoms with Gasteiger partial charge >= 0.3 is 0 Å². The summed E-state index contributed by atoms with van der Waals surface area (Å²) < 4.78 is 0. The molecule has 1 fully saturated rings. The van der Waals surface area contributed by atoms with Gasteiger partial charge < -0.3 is 4.90 Å². The molecule has 18 heavy (non-hydrogen) atoms. The molecule has 1 aliphatic rings. The van der Waals surface area contributed by atoms with Crippen molar-refractivity contribution >= 4 is 5.91 Å². The lowest BCUT2D eigenvalue weighted by Crippen LogP contribution is -2.36. The number of hydrogen-bond acceptors (Lipinski definition) is 2. The zero-order valence-electron chi connectivity index (χ0n) is 11.7. The van der Waals surface area contributed by atoms with Crippen LogP contribution < -0.4 is 5.32 Å². The number of carbonyl (C=O) groups is 1. The average molecular weight is 246 g/mol. The summed E-state index contributed by atoms with van der Waals surface area (Å²) in [6.07, 6.45) is 1.00. The zero-order valence-corrected chi connectivity index (χ0v) is 11.7. The third-order valence-corrected chi connectivity index (χ3v) is 3.60. The zero-order chi connectivity index (χ0) is 13.3. The number of benzene rings is 1. The Morgan fingerprint density at radius 3 is 2.33 bits per heavy atom. The monoisotopic (exact) mass is 246 g/mol. The first-order valence-corrected chi connectivity index (χ1v) is 6.46. The first-order chi connectivity index (χ1) is 8.38. The summed E-state index contributed by atoms with van der Waals surface area (Å²) in [5.74, 6) is 0.173. The predicted octanol–water partition coefficient (Wildman–Crippen LogP) is 1.91. The quantitative estimate of drug-likeness (QED) is 0.864. The largest absolute Gasteiger partial charge is 0.329 e. The summed E-state index contributed by atoms with van der Waals surface area (Å²) in [4.78, 5) is 13.2. The van der Waals surface area contributed by atoms with Crippen molar-refractivity contribution in [2.24, 2.45) is 0 Å². The van der Waals surface area contributed by atoms with E-state index in [-0.39, 0.29) is 17.5 Å². The highest BCUT2D eigenvalue weighted by molar-refractivity contribution is 5.80. The summed E-state index contributed by atoms with van der Waals surface area (Å²) >= 11 is 0. The van der Waals surface area contributed by atoms with Gasteiger partial charge in [-0.15, -0.1) is 0 Å². The van der Waals surface area contributed by atoms with Crippen LogP contribution in [0, 0.1) is 0 Å². The molecule has 1 saturated heterocycles. The van der Waals surface area contributed by atoms with Crippen LogP contribution in [0.25, 0.3) is 0 Å². The fourth-order valence-electron chi connectivity index (χ4n) is 2.21. The SMILES string of the molecule is CN1C(=O)CN[C@@H]1Cc1ccc(C(C)(C)C)cc1. The lowest BCUT2D eigenvalue weighted by molar-refractivity contribution is -0.126. The second-order valence-electron chi connectivity index (χ2n) is 6.05. The van der Waals surface area contributed by atoms with Crippen molar-refractivity contribution in [1.29, 1.82) is 0 Å². The van der Waals surface area contributed by atoms with Crippen molar-refractivity contribution < 1.29 is 4.79 Å². The van der Waals surface area contributed by atoms with Crippen LogP contribution in [0.2, 0.25) is 0 Å². The van der Waals surface area contributed by atoms with Crippen molar-refractivity contribution in [1.82, 2.24) is 10.2 Å². The van der Waals surface area contributed by atoms with Crippen LogP contribution in [0.1, 0.15) is 31.9 Å². The van der Waals surface area contributed by atoms with Gasteiger partial charge in [0.15, 0.2) is 0 Å². The molecule has 1 aromatic carbocycles. The number of carbonyl (C=O) groups excluding carboxylic acids is 1. The molecule has 0 aliphatic carbocycles. The smallest absolute Gasteiger partial charge is 0.237 e. The van der Waals surface area contributed by atoms with Crippen LogP contribution in [0.15, 0.2) is 24.3 Å². The Labute approximate surface area is 109 Å². The molecule has 0 bridgehead atoms. The van der Waals surface area contributed by atoms with E-state index in [2.05, 4.69) is 50.4 Å². The van der Waals surface area contributed by atoms with Gasteiger partial charge in [-0.3, -0.25) is 10.1 Å². The molecule has 0 radical (unpaired) electrons. The molecular weight excluding hydrogens is 224 g/mol. The topological polar surface area (TPSA) is 32.3 Å². The average Bonchev–Trinajstić information content (AvgIpc) is 2.61. The summed E-state index contributed by atoms with van der Waals surface area (Å²) in [7, 11) is 1.86. The number of nitrogens with zero attached hydrogens (tertiary/aromatic N) is 1. The van der Waals surface area contributed by atoms with Crippen LogP contribution >= 0.6 is 0 Å². The third-order valence-electron chi connectivity index (χ3n) is 3.60. The van der Waals surface area contributed by atoms with Gasteiger partial charge in [0.1, 0.15) is 0 Å². The highest BCUT2D eigenvalue weighted by Crippen LogP contribution is 2.22. The molecule has 0 spiro atoms. The minimum atomic E-state index is 0.137. The van der Waals surface area contributed by atoms with Crippen molar-refractivity contribution in [2.45, 2.75) is 38.8 Å². The van der Waals surface area contributed by atoms with Crippen LogP contribution in [-0.4, -0.2) is 30.6 Å². The molecule has 98 valence electrons. The summed E-state index contributed by atoms with van der Waals surface area (Å²) in [6, 6.07) is 8.70. The van der Waals surface area contributed by atoms with Crippen LogP contribution in [0.5, 0.6) is 0 Å². The highest BCUT2D eigenvalue weighted by atomic mass is 16.2. The van der Waals surface area contributed by atoms with E-state index in [9.17, 15) is 4.79 Å². The van der Waals surface area contributed by atoms with Crippen LogP contribution in [0.3, 0.4) is 0 Å². The van der Waals surface area contributed by atoms with Gasteiger partial charge in [0.2, 0.25) is 5.91 Å². The minimum absolute atomic E-state index is 0.137. The first kappa shape index (κ1) is 13.1. The Balaban J connectivity index is 2.05. The van der Waals surface area contributed by atoms with Gasteiger partial charge in [0, 0.05) is 13.5 Å². The van der Waals surface area contributed by atoms with Crippen molar-refractivity contribution in [3.8, 4) is 0 Å². The van der Waals surface area contributed by atoms with E-state index >= 15 is 0 Å². The van der Waals surface area contributed by atoms with Crippen LogP contribution in [0.4, 0.5) is 0 Å². The molecule has 0 unspecified atom stereocenters. The number of amides is 1. The highest BCUT2D eigenvalue weighted by Gasteiger charge is 2.26. The predicted molar refractivity (Wildman–Crippen MR) is 73.4 cm³/mol. The number of rotatable bonds is 2. The van der Waals surface area contributed by atoms with Crippen LogP contribution in [-0.2, 0) is 16.6 Å². The van der Waals surface area contributed by atoms with Crippen molar-refractivity contribution in [2.75, 3.05) is 13.6 Å². The normalized spacial score (nSPS) is 20.6. The second kappa shape index (κ2) is 4.73. The van der Waals surface area contributed by atoms with Gasteiger partial charge in [-0.1, -0.05) is 45.0 Å². The molecule has 1 aliphatic heterocycles. The molecule has 1 N–H and O–H groups in total. The molecule has 1 amide bonds. The Bertz CT molecular complexity index is 431. The van der Waals surface area contributed by atoms with Gasteiger partial charge in [0.05, 0.1) is 12.7 Å². The lowest BCUT2D eigenvalue weighted by atomic mass is 9.86. The Kier molecular flexibility index (Phi) is 3.44. The van der Waals surface area contributed by atoms with E-state index in [1.807, 2.05) is 7.05 Å². The fraction of sp³-hybridized carbons (Fsp3) is 0.533. The third kappa shape index (κ3) is 2.72. The molecule has 1 aromatic rings. The first-order valence-electron chi connectivity index (χ1n) is 6.46. The van der Waals surface area contributed by atoms with Gasteiger partial charge in [-0.2, -0.15) is 0 Å².